The molecule has 0 unspecified atom stereocenters. The zero-order valence-electron chi connectivity index (χ0n) is 10.7. The van der Waals surface area contributed by atoms with Gasteiger partial charge in [0.25, 0.3) is 0 Å². The summed E-state index contributed by atoms with van der Waals surface area (Å²) in [5.41, 5.74) is 2.42. The molecule has 3 aromatic rings. The average Bonchev–Trinajstić information content (AvgIpc) is 3.06. The molecule has 0 saturated heterocycles. The van der Waals surface area contributed by atoms with Gasteiger partial charge in [-0.3, -0.25) is 0 Å². The minimum atomic E-state index is -0.467. The van der Waals surface area contributed by atoms with Gasteiger partial charge in [0.15, 0.2) is 0 Å². The van der Waals surface area contributed by atoms with Crippen LogP contribution in [-0.2, 0) is 0 Å². The van der Waals surface area contributed by atoms with Crippen LogP contribution in [0.3, 0.4) is 0 Å². The van der Waals surface area contributed by atoms with Crippen LogP contribution in [0.2, 0.25) is 0 Å². The lowest BCUT2D eigenvalue weighted by Crippen LogP contribution is -1.97. The molecule has 0 fully saturated rings. The summed E-state index contributed by atoms with van der Waals surface area (Å²) < 4.78 is 16.6. The first-order valence-corrected chi connectivity index (χ1v) is 5.94. The molecule has 0 atom stereocenters. The molecule has 20 heavy (non-hydrogen) atoms. The maximum absolute atomic E-state index is 13.4. The Bertz CT molecular complexity index is 809. The van der Waals surface area contributed by atoms with Gasteiger partial charge < -0.3 is 0 Å². The molecule has 0 N–H and O–H groups in total. The van der Waals surface area contributed by atoms with Gasteiger partial charge >= 0.3 is 0 Å². The molecule has 0 aliphatic heterocycles. The number of aromatic nitrogens is 4. The third kappa shape index (κ3) is 2.17. The predicted molar refractivity (Wildman–Crippen MR) is 70.1 cm³/mol. The summed E-state index contributed by atoms with van der Waals surface area (Å²) in [6.07, 6.45) is 5.18. The van der Waals surface area contributed by atoms with Gasteiger partial charge in [-0.25, -0.2) is 13.8 Å². The van der Waals surface area contributed by atoms with Crippen LogP contribution in [0.1, 0.15) is 11.3 Å². The fourth-order valence-electron chi connectivity index (χ4n) is 1.90. The predicted octanol–water partition coefficient (Wildman–Crippen LogP) is 2.38. The number of benzene rings is 1. The molecule has 0 bridgehead atoms. The minimum Gasteiger partial charge on any atom is -0.239 e. The smallest absolute Gasteiger partial charge is 0.126 e. The Labute approximate surface area is 114 Å². The lowest BCUT2D eigenvalue weighted by atomic mass is 10.2. The van der Waals surface area contributed by atoms with Crippen LogP contribution in [-0.4, -0.2) is 19.6 Å². The van der Waals surface area contributed by atoms with Gasteiger partial charge in [-0.2, -0.15) is 15.5 Å². The summed E-state index contributed by atoms with van der Waals surface area (Å²) in [7, 11) is 0. The molecule has 5 nitrogen and oxygen atoms in total. The van der Waals surface area contributed by atoms with Gasteiger partial charge in [-0.05, 0) is 31.2 Å². The molecular weight excluding hydrogens is 257 g/mol. The van der Waals surface area contributed by atoms with Gasteiger partial charge in [0, 0.05) is 6.20 Å². The van der Waals surface area contributed by atoms with E-state index in [1.54, 1.807) is 23.1 Å². The van der Waals surface area contributed by atoms with Crippen molar-refractivity contribution in [3.8, 4) is 17.4 Å². The zero-order valence-corrected chi connectivity index (χ0v) is 10.7. The second-order valence-electron chi connectivity index (χ2n) is 4.35. The standard InChI is InChI=1S/C14H10FN5/c1-10-2-3-19(18-10)14-8-17-20(9-14)13-5-11(7-16)4-12(15)6-13/h2-6,8-9H,1H3. The summed E-state index contributed by atoms with van der Waals surface area (Å²) in [6.45, 7) is 1.90. The SMILES string of the molecule is Cc1ccn(-c2cnn(-c3cc(F)cc(C#N)c3)c2)n1. The van der Waals surface area contributed by atoms with Gasteiger partial charge in [0.1, 0.15) is 11.5 Å². The van der Waals surface area contributed by atoms with Crippen LogP contribution >= 0.6 is 0 Å². The van der Waals surface area contributed by atoms with E-state index < -0.39 is 5.82 Å². The van der Waals surface area contributed by atoms with E-state index in [-0.39, 0.29) is 5.56 Å². The number of aryl methyl sites for hydroxylation is 1. The van der Waals surface area contributed by atoms with Crippen molar-refractivity contribution in [3.63, 3.8) is 0 Å². The number of nitrogens with zero attached hydrogens (tertiary/aromatic N) is 5. The highest BCUT2D eigenvalue weighted by atomic mass is 19.1. The molecule has 0 aliphatic rings. The molecule has 0 radical (unpaired) electrons. The fraction of sp³-hybridized carbons (Fsp3) is 0.0714. The quantitative estimate of drug-likeness (QED) is 0.716. The summed E-state index contributed by atoms with van der Waals surface area (Å²) in [5.74, 6) is -0.467. The Morgan fingerprint density at radius 1 is 1.20 bits per heavy atom. The van der Waals surface area contributed by atoms with Crippen molar-refractivity contribution in [1.82, 2.24) is 19.6 Å². The second-order valence-corrected chi connectivity index (χ2v) is 4.35. The van der Waals surface area contributed by atoms with E-state index in [0.717, 1.165) is 11.4 Å². The number of nitriles is 1. The molecule has 6 heteroatoms. The molecule has 0 saturated carbocycles. The Balaban J connectivity index is 2.02. The van der Waals surface area contributed by atoms with E-state index in [4.69, 9.17) is 5.26 Å². The van der Waals surface area contributed by atoms with Crippen LogP contribution < -0.4 is 0 Å². The van der Waals surface area contributed by atoms with E-state index >= 15 is 0 Å². The van der Waals surface area contributed by atoms with E-state index in [0.29, 0.717) is 5.69 Å². The third-order valence-corrected chi connectivity index (χ3v) is 2.83. The van der Waals surface area contributed by atoms with Crippen molar-refractivity contribution in [2.24, 2.45) is 0 Å². The summed E-state index contributed by atoms with van der Waals surface area (Å²) in [4.78, 5) is 0. The van der Waals surface area contributed by atoms with Crippen LogP contribution in [0.4, 0.5) is 4.39 Å². The number of rotatable bonds is 2. The third-order valence-electron chi connectivity index (χ3n) is 2.83. The number of halogens is 1. The van der Waals surface area contributed by atoms with Crippen molar-refractivity contribution in [2.45, 2.75) is 6.92 Å². The van der Waals surface area contributed by atoms with E-state index in [1.165, 1.54) is 16.8 Å². The highest BCUT2D eigenvalue weighted by molar-refractivity contribution is 5.42. The Morgan fingerprint density at radius 3 is 2.75 bits per heavy atom. The van der Waals surface area contributed by atoms with Crippen LogP contribution in [0.5, 0.6) is 0 Å². The molecule has 2 heterocycles. The molecule has 1 aromatic carbocycles. The molecule has 3 rings (SSSR count). The topological polar surface area (TPSA) is 59.4 Å². The summed E-state index contributed by atoms with van der Waals surface area (Å²) in [6, 6.07) is 7.89. The van der Waals surface area contributed by atoms with Crippen molar-refractivity contribution in [3.05, 3.63) is 59.9 Å². The Morgan fingerprint density at radius 2 is 2.05 bits per heavy atom. The van der Waals surface area contributed by atoms with E-state index in [1.807, 2.05) is 25.3 Å². The van der Waals surface area contributed by atoms with Crippen LogP contribution in [0.25, 0.3) is 11.4 Å². The lowest BCUT2D eigenvalue weighted by Gasteiger charge is -2.02. The summed E-state index contributed by atoms with van der Waals surface area (Å²) >= 11 is 0. The van der Waals surface area contributed by atoms with Crippen LogP contribution in [0, 0.1) is 24.1 Å². The Hall–Kier alpha value is -2.94. The maximum atomic E-state index is 13.4. The van der Waals surface area contributed by atoms with Gasteiger partial charge in [0.2, 0.25) is 0 Å². The van der Waals surface area contributed by atoms with Crippen LogP contribution in [0.15, 0.2) is 42.9 Å². The lowest BCUT2D eigenvalue weighted by molar-refractivity contribution is 0.625. The van der Waals surface area contributed by atoms with Crippen molar-refractivity contribution in [1.29, 1.82) is 5.26 Å². The Kier molecular flexibility index (Phi) is 2.80. The average molecular weight is 267 g/mol. The molecule has 0 aliphatic carbocycles. The molecule has 0 amide bonds. The molecule has 98 valence electrons. The minimum absolute atomic E-state index is 0.256. The van der Waals surface area contributed by atoms with E-state index in [9.17, 15) is 4.39 Å². The monoisotopic (exact) mass is 267 g/mol. The fourth-order valence-corrected chi connectivity index (χ4v) is 1.90. The van der Waals surface area contributed by atoms with Gasteiger partial charge in [0.05, 0.1) is 35.4 Å². The first-order valence-electron chi connectivity index (χ1n) is 5.94. The first-order chi connectivity index (χ1) is 9.65. The maximum Gasteiger partial charge on any atom is 0.126 e. The second kappa shape index (κ2) is 4.63. The summed E-state index contributed by atoms with van der Waals surface area (Å²) in [5, 5.41) is 17.3. The highest BCUT2D eigenvalue weighted by Crippen LogP contribution is 2.15. The molecule has 0 spiro atoms. The normalized spacial score (nSPS) is 10.4. The van der Waals surface area contributed by atoms with Crippen molar-refractivity contribution in [2.75, 3.05) is 0 Å². The zero-order chi connectivity index (χ0) is 14.1. The highest BCUT2D eigenvalue weighted by Gasteiger charge is 2.06. The largest absolute Gasteiger partial charge is 0.239 e. The van der Waals surface area contributed by atoms with Crippen molar-refractivity contribution >= 4 is 0 Å². The number of hydrogen-bond acceptors (Lipinski definition) is 3. The molecular formula is C14H10FN5. The number of hydrogen-bond donors (Lipinski definition) is 0. The van der Waals surface area contributed by atoms with Gasteiger partial charge in [-0.15, -0.1) is 0 Å². The van der Waals surface area contributed by atoms with Gasteiger partial charge in [-0.1, -0.05) is 0 Å². The molecule has 2 aromatic heterocycles. The van der Waals surface area contributed by atoms with Crippen molar-refractivity contribution < 1.29 is 4.39 Å². The van der Waals surface area contributed by atoms with E-state index in [2.05, 4.69) is 10.2 Å². The first kappa shape index (κ1) is 12.1.